The summed E-state index contributed by atoms with van der Waals surface area (Å²) in [4.78, 5) is 26.8. The largest absolute Gasteiger partial charge is 0.481 e. The minimum atomic E-state index is -0.960. The molecule has 5 atom stereocenters. The quantitative estimate of drug-likeness (QED) is 0.798. The van der Waals surface area contributed by atoms with Crippen molar-refractivity contribution >= 4 is 11.9 Å². The number of amides is 1. The van der Waals surface area contributed by atoms with E-state index in [1.807, 2.05) is 54.3 Å². The number of carbonyl (C=O) groups is 2. The van der Waals surface area contributed by atoms with E-state index in [1.54, 1.807) is 0 Å². The molecule has 3 aliphatic rings. The topological polar surface area (TPSA) is 66.8 Å². The molecular weight excluding hydrogens is 330 g/mol. The molecule has 4 rings (SSSR count). The average Bonchev–Trinajstić information content (AvgIpc) is 3.24. The van der Waals surface area contributed by atoms with Gasteiger partial charge < -0.3 is 14.7 Å². The van der Waals surface area contributed by atoms with E-state index in [4.69, 9.17) is 4.74 Å². The van der Waals surface area contributed by atoms with Gasteiger partial charge in [-0.05, 0) is 25.3 Å². The van der Waals surface area contributed by atoms with Crippen LogP contribution in [0.15, 0.2) is 54.6 Å². The molecule has 0 aliphatic carbocycles. The van der Waals surface area contributed by atoms with Crippen LogP contribution in [0.5, 0.6) is 0 Å². The van der Waals surface area contributed by atoms with Gasteiger partial charge >= 0.3 is 5.97 Å². The highest BCUT2D eigenvalue weighted by Gasteiger charge is 2.70. The monoisotopic (exact) mass is 353 g/mol. The first kappa shape index (κ1) is 17.0. The van der Waals surface area contributed by atoms with Gasteiger partial charge in [-0.15, -0.1) is 6.58 Å². The highest BCUT2D eigenvalue weighted by Crippen LogP contribution is 2.55. The van der Waals surface area contributed by atoms with Crippen LogP contribution < -0.4 is 0 Å². The van der Waals surface area contributed by atoms with Crippen LogP contribution in [0, 0.1) is 11.8 Å². The molecule has 1 aromatic rings. The van der Waals surface area contributed by atoms with Crippen LogP contribution in [0.4, 0.5) is 0 Å². The van der Waals surface area contributed by atoms with Gasteiger partial charge in [-0.2, -0.15) is 0 Å². The molecule has 3 aliphatic heterocycles. The van der Waals surface area contributed by atoms with Crippen LogP contribution in [0.1, 0.15) is 18.9 Å². The molecule has 136 valence electrons. The molecule has 5 nitrogen and oxygen atoms in total. The lowest BCUT2D eigenvalue weighted by Crippen LogP contribution is -2.45. The standard InChI is InChI=1S/C21H23NO4/c1-13(2)12-16-21-10-8-15(26-21)17(20(24)25)18(21)19(23)22(16)11-9-14-6-4-3-5-7-14/h3-8,10,15-18H,1,9,11-12H2,2H3,(H,24,25)/t15-,16?,17?,18-,21?/m1/s1. The Morgan fingerprint density at radius 2 is 2.08 bits per heavy atom. The predicted octanol–water partition coefficient (Wildman–Crippen LogP) is 2.43. The Morgan fingerprint density at radius 1 is 1.35 bits per heavy atom. The second kappa shape index (κ2) is 6.09. The lowest BCUT2D eigenvalue weighted by atomic mass is 9.74. The summed E-state index contributed by atoms with van der Waals surface area (Å²) >= 11 is 0. The second-order valence-corrected chi connectivity index (χ2v) is 7.58. The van der Waals surface area contributed by atoms with E-state index in [0.717, 1.165) is 17.6 Å². The number of fused-ring (bicyclic) bond motifs is 1. The van der Waals surface area contributed by atoms with Crippen LogP contribution >= 0.6 is 0 Å². The van der Waals surface area contributed by atoms with E-state index >= 15 is 0 Å². The number of aliphatic carboxylic acids is 1. The Morgan fingerprint density at radius 3 is 2.73 bits per heavy atom. The molecule has 2 fully saturated rings. The van der Waals surface area contributed by atoms with Crippen molar-refractivity contribution in [2.75, 3.05) is 6.54 Å². The molecule has 1 spiro atoms. The molecule has 0 radical (unpaired) electrons. The number of carboxylic acids is 1. The van der Waals surface area contributed by atoms with Crippen molar-refractivity contribution in [1.29, 1.82) is 0 Å². The SMILES string of the molecule is C=C(C)CC1N(CCc2ccccc2)C(=O)[C@H]2C(C(=O)O)[C@H]3C=CC12O3. The molecule has 1 amide bonds. The maximum Gasteiger partial charge on any atom is 0.310 e. The van der Waals surface area contributed by atoms with Gasteiger partial charge in [-0.25, -0.2) is 0 Å². The van der Waals surface area contributed by atoms with E-state index in [2.05, 4.69) is 6.58 Å². The van der Waals surface area contributed by atoms with E-state index in [0.29, 0.717) is 13.0 Å². The Balaban J connectivity index is 1.65. The second-order valence-electron chi connectivity index (χ2n) is 7.58. The zero-order valence-corrected chi connectivity index (χ0v) is 14.8. The molecule has 26 heavy (non-hydrogen) atoms. The summed E-state index contributed by atoms with van der Waals surface area (Å²) in [6, 6.07) is 9.80. The Labute approximate surface area is 152 Å². The molecule has 2 saturated heterocycles. The first-order valence-corrected chi connectivity index (χ1v) is 9.03. The third-order valence-electron chi connectivity index (χ3n) is 5.84. The molecule has 1 aromatic carbocycles. The number of ether oxygens (including phenoxy) is 1. The summed E-state index contributed by atoms with van der Waals surface area (Å²) in [5.41, 5.74) is 1.28. The van der Waals surface area contributed by atoms with Crippen molar-refractivity contribution in [2.45, 2.75) is 37.5 Å². The fourth-order valence-electron chi connectivity index (χ4n) is 4.76. The predicted molar refractivity (Wildman–Crippen MR) is 96.4 cm³/mol. The van der Waals surface area contributed by atoms with Gasteiger partial charge in [-0.1, -0.05) is 48.1 Å². The van der Waals surface area contributed by atoms with E-state index in [1.165, 1.54) is 0 Å². The van der Waals surface area contributed by atoms with Gasteiger partial charge in [0.2, 0.25) is 5.91 Å². The van der Waals surface area contributed by atoms with Crippen molar-refractivity contribution in [1.82, 2.24) is 4.90 Å². The first-order chi connectivity index (χ1) is 12.4. The van der Waals surface area contributed by atoms with Gasteiger partial charge in [-0.3, -0.25) is 9.59 Å². The molecule has 3 heterocycles. The molecule has 5 heteroatoms. The zero-order valence-electron chi connectivity index (χ0n) is 14.8. The lowest BCUT2D eigenvalue weighted by molar-refractivity contribution is -0.148. The van der Waals surface area contributed by atoms with E-state index in [9.17, 15) is 14.7 Å². The minimum Gasteiger partial charge on any atom is -0.481 e. The number of hydrogen-bond donors (Lipinski definition) is 1. The van der Waals surface area contributed by atoms with Crippen LogP contribution in [0.2, 0.25) is 0 Å². The van der Waals surface area contributed by atoms with Crippen molar-refractivity contribution in [3.8, 4) is 0 Å². The normalized spacial score (nSPS) is 34.3. The summed E-state index contributed by atoms with van der Waals surface area (Å²) in [5, 5.41) is 9.66. The summed E-state index contributed by atoms with van der Waals surface area (Å²) in [6.07, 6.45) is 4.57. The molecule has 0 aromatic heterocycles. The van der Waals surface area contributed by atoms with E-state index < -0.39 is 29.5 Å². The van der Waals surface area contributed by atoms with Crippen molar-refractivity contribution in [3.05, 3.63) is 60.2 Å². The minimum absolute atomic E-state index is 0.105. The number of rotatable bonds is 6. The summed E-state index contributed by atoms with van der Waals surface area (Å²) in [6.45, 7) is 6.49. The number of carboxylic acid groups (broad SMARTS) is 1. The molecule has 3 unspecified atom stereocenters. The molecular formula is C21H23NO4. The highest BCUT2D eigenvalue weighted by molar-refractivity contribution is 5.91. The van der Waals surface area contributed by atoms with Gasteiger partial charge in [0.1, 0.15) is 11.5 Å². The smallest absolute Gasteiger partial charge is 0.310 e. The van der Waals surface area contributed by atoms with Gasteiger partial charge in [0, 0.05) is 6.54 Å². The number of hydrogen-bond acceptors (Lipinski definition) is 3. The fraction of sp³-hybridized carbons (Fsp3) is 0.429. The maximum absolute atomic E-state index is 13.2. The number of likely N-dealkylation sites (tertiary alicyclic amines) is 1. The number of nitrogens with zero attached hydrogens (tertiary/aromatic N) is 1. The van der Waals surface area contributed by atoms with Crippen molar-refractivity contribution in [3.63, 3.8) is 0 Å². The van der Waals surface area contributed by atoms with Crippen LogP contribution in [0.3, 0.4) is 0 Å². The lowest BCUT2D eigenvalue weighted by Gasteiger charge is -2.33. The molecule has 2 bridgehead atoms. The van der Waals surface area contributed by atoms with Crippen LogP contribution in [-0.4, -0.2) is 46.2 Å². The first-order valence-electron chi connectivity index (χ1n) is 9.03. The maximum atomic E-state index is 13.2. The van der Waals surface area contributed by atoms with Crippen LogP contribution in [0.25, 0.3) is 0 Å². The summed E-state index contributed by atoms with van der Waals surface area (Å²) in [5.74, 6) is -2.51. The van der Waals surface area contributed by atoms with Crippen LogP contribution in [-0.2, 0) is 20.7 Å². The van der Waals surface area contributed by atoms with Gasteiger partial charge in [0.15, 0.2) is 0 Å². The third-order valence-corrected chi connectivity index (χ3v) is 5.84. The zero-order chi connectivity index (χ0) is 18.5. The van der Waals surface area contributed by atoms with E-state index in [-0.39, 0.29) is 11.9 Å². The van der Waals surface area contributed by atoms with Crippen molar-refractivity contribution in [2.24, 2.45) is 11.8 Å². The average molecular weight is 353 g/mol. The Bertz CT molecular complexity index is 786. The Kier molecular flexibility index (Phi) is 3.99. The summed E-state index contributed by atoms with van der Waals surface area (Å²) in [7, 11) is 0. The third kappa shape index (κ3) is 2.42. The fourth-order valence-corrected chi connectivity index (χ4v) is 4.76. The van der Waals surface area contributed by atoms with Gasteiger partial charge in [0.25, 0.3) is 0 Å². The molecule has 0 saturated carbocycles. The van der Waals surface area contributed by atoms with Crippen molar-refractivity contribution < 1.29 is 19.4 Å². The Hall–Kier alpha value is -2.40. The highest BCUT2D eigenvalue weighted by atomic mass is 16.5. The number of benzene rings is 1. The van der Waals surface area contributed by atoms with Gasteiger partial charge in [0.05, 0.1) is 18.1 Å². The number of carbonyl (C=O) groups excluding carboxylic acids is 1. The summed E-state index contributed by atoms with van der Waals surface area (Å²) < 4.78 is 6.13. The molecule has 1 N–H and O–H groups in total.